The molecule has 0 aliphatic rings. The molecule has 2 heterocycles. The molecule has 0 fully saturated rings. The van der Waals surface area contributed by atoms with Crippen LogP contribution in [0.4, 0.5) is 0 Å². The van der Waals surface area contributed by atoms with Crippen molar-refractivity contribution in [3.05, 3.63) is 55.6 Å². The highest BCUT2D eigenvalue weighted by Gasteiger charge is 2.11. The standard InChI is InChI=1S/C15H12IN3O/c1-8-7-11(10-5-3-4-6-12(10)17-8)14-18-9(2)13(16)15(20)19-14/h3-7H,1-2H3,(H,18,19,20). The van der Waals surface area contributed by atoms with Crippen LogP contribution in [0.15, 0.2) is 35.1 Å². The van der Waals surface area contributed by atoms with Gasteiger partial charge in [0.1, 0.15) is 5.82 Å². The van der Waals surface area contributed by atoms with Crippen molar-refractivity contribution >= 4 is 33.5 Å². The number of H-pyrrole nitrogens is 1. The van der Waals surface area contributed by atoms with E-state index in [0.29, 0.717) is 9.39 Å². The molecule has 20 heavy (non-hydrogen) atoms. The molecule has 4 nitrogen and oxygen atoms in total. The zero-order chi connectivity index (χ0) is 14.3. The molecular formula is C15H12IN3O. The van der Waals surface area contributed by atoms with Gasteiger partial charge < -0.3 is 4.98 Å². The first kappa shape index (κ1) is 13.2. The number of benzene rings is 1. The average Bonchev–Trinajstić information content (AvgIpc) is 2.43. The van der Waals surface area contributed by atoms with E-state index in [0.717, 1.165) is 27.9 Å². The Morgan fingerprint density at radius 2 is 1.90 bits per heavy atom. The monoisotopic (exact) mass is 377 g/mol. The van der Waals surface area contributed by atoms with Gasteiger partial charge in [-0.15, -0.1) is 0 Å². The molecule has 3 aromatic rings. The third kappa shape index (κ3) is 2.22. The van der Waals surface area contributed by atoms with Crippen LogP contribution < -0.4 is 5.56 Å². The van der Waals surface area contributed by atoms with Crippen LogP contribution in [0.25, 0.3) is 22.3 Å². The number of aromatic amines is 1. The fraction of sp³-hybridized carbons (Fsp3) is 0.133. The number of hydrogen-bond donors (Lipinski definition) is 1. The van der Waals surface area contributed by atoms with E-state index in [1.165, 1.54) is 0 Å². The van der Waals surface area contributed by atoms with Crippen molar-refractivity contribution in [2.24, 2.45) is 0 Å². The molecule has 0 aliphatic carbocycles. The summed E-state index contributed by atoms with van der Waals surface area (Å²) in [7, 11) is 0. The number of halogens is 1. The second-order valence-electron chi connectivity index (χ2n) is 4.64. The van der Waals surface area contributed by atoms with Crippen LogP contribution in [0, 0.1) is 17.4 Å². The Hall–Kier alpha value is -1.76. The summed E-state index contributed by atoms with van der Waals surface area (Å²) in [4.78, 5) is 23.8. The number of nitrogens with one attached hydrogen (secondary N) is 1. The molecule has 0 atom stereocenters. The van der Waals surface area contributed by atoms with Crippen LogP contribution in [0.5, 0.6) is 0 Å². The summed E-state index contributed by atoms with van der Waals surface area (Å²) in [6.07, 6.45) is 0. The lowest BCUT2D eigenvalue weighted by atomic mass is 10.1. The van der Waals surface area contributed by atoms with E-state index >= 15 is 0 Å². The van der Waals surface area contributed by atoms with Gasteiger partial charge in [0.2, 0.25) is 0 Å². The summed E-state index contributed by atoms with van der Waals surface area (Å²) in [6, 6.07) is 9.81. The average molecular weight is 377 g/mol. The first-order valence-corrected chi connectivity index (χ1v) is 7.27. The quantitative estimate of drug-likeness (QED) is 0.663. The molecule has 0 unspecified atom stereocenters. The molecule has 1 aromatic carbocycles. The predicted octanol–water partition coefficient (Wildman–Crippen LogP) is 3.21. The molecule has 1 N–H and O–H groups in total. The van der Waals surface area contributed by atoms with Gasteiger partial charge in [0.05, 0.1) is 14.8 Å². The van der Waals surface area contributed by atoms with Crippen LogP contribution in [-0.2, 0) is 0 Å². The van der Waals surface area contributed by atoms with E-state index in [1.807, 2.05) is 66.8 Å². The van der Waals surface area contributed by atoms with Crippen molar-refractivity contribution in [3.8, 4) is 11.4 Å². The lowest BCUT2D eigenvalue weighted by Gasteiger charge is -2.08. The molecule has 0 amide bonds. The van der Waals surface area contributed by atoms with Gasteiger partial charge >= 0.3 is 0 Å². The predicted molar refractivity (Wildman–Crippen MR) is 87.8 cm³/mol. The van der Waals surface area contributed by atoms with Crippen LogP contribution in [-0.4, -0.2) is 15.0 Å². The second kappa shape index (κ2) is 4.97. The molecule has 100 valence electrons. The van der Waals surface area contributed by atoms with Crippen molar-refractivity contribution in [1.82, 2.24) is 15.0 Å². The molecule has 0 aliphatic heterocycles. The fourth-order valence-electron chi connectivity index (χ4n) is 2.20. The summed E-state index contributed by atoms with van der Waals surface area (Å²) in [5.74, 6) is 0.592. The van der Waals surface area contributed by atoms with Crippen molar-refractivity contribution in [3.63, 3.8) is 0 Å². The van der Waals surface area contributed by atoms with E-state index in [2.05, 4.69) is 15.0 Å². The maximum Gasteiger partial charge on any atom is 0.264 e. The molecule has 0 radical (unpaired) electrons. The summed E-state index contributed by atoms with van der Waals surface area (Å²) in [5.41, 5.74) is 3.35. The molecule has 0 bridgehead atoms. The van der Waals surface area contributed by atoms with Crippen LogP contribution >= 0.6 is 22.6 Å². The number of pyridine rings is 1. The Morgan fingerprint density at radius 3 is 2.65 bits per heavy atom. The van der Waals surface area contributed by atoms with E-state index in [1.54, 1.807) is 0 Å². The van der Waals surface area contributed by atoms with Crippen LogP contribution in [0.3, 0.4) is 0 Å². The number of fused-ring (bicyclic) bond motifs is 1. The summed E-state index contributed by atoms with van der Waals surface area (Å²) < 4.78 is 0.626. The van der Waals surface area contributed by atoms with Gasteiger partial charge in [-0.1, -0.05) is 18.2 Å². The third-order valence-electron chi connectivity index (χ3n) is 3.13. The number of nitrogens with zero attached hydrogens (tertiary/aromatic N) is 2. The number of hydrogen-bond acceptors (Lipinski definition) is 3. The SMILES string of the molecule is Cc1cc(-c2nc(C)c(I)c(=O)[nH]2)c2ccccc2n1. The molecular weight excluding hydrogens is 365 g/mol. The lowest BCUT2D eigenvalue weighted by Crippen LogP contribution is -2.14. The normalized spacial score (nSPS) is 10.9. The van der Waals surface area contributed by atoms with Crippen molar-refractivity contribution < 1.29 is 0 Å². The summed E-state index contributed by atoms with van der Waals surface area (Å²) in [5, 5.41) is 0.988. The number of aryl methyl sites for hydroxylation is 2. The zero-order valence-electron chi connectivity index (χ0n) is 11.1. The summed E-state index contributed by atoms with van der Waals surface area (Å²) >= 11 is 2.01. The summed E-state index contributed by atoms with van der Waals surface area (Å²) in [6.45, 7) is 3.78. The van der Waals surface area contributed by atoms with Gasteiger partial charge in [-0.2, -0.15) is 0 Å². The Morgan fingerprint density at radius 1 is 1.15 bits per heavy atom. The minimum atomic E-state index is -0.105. The van der Waals surface area contributed by atoms with Gasteiger partial charge in [-0.05, 0) is 48.6 Å². The van der Waals surface area contributed by atoms with Gasteiger partial charge in [0.15, 0.2) is 0 Å². The lowest BCUT2D eigenvalue weighted by molar-refractivity contribution is 1.05. The van der Waals surface area contributed by atoms with Crippen LogP contribution in [0.1, 0.15) is 11.4 Å². The fourth-order valence-corrected chi connectivity index (χ4v) is 2.46. The molecule has 3 rings (SSSR count). The smallest absolute Gasteiger partial charge is 0.264 e. The van der Waals surface area contributed by atoms with Crippen molar-refractivity contribution in [1.29, 1.82) is 0 Å². The molecule has 0 spiro atoms. The maximum absolute atomic E-state index is 11.9. The Labute approximate surface area is 129 Å². The highest BCUT2D eigenvalue weighted by Crippen LogP contribution is 2.25. The Bertz CT molecular complexity index is 871. The van der Waals surface area contributed by atoms with Gasteiger partial charge in [-0.25, -0.2) is 4.98 Å². The molecule has 2 aromatic heterocycles. The van der Waals surface area contributed by atoms with E-state index < -0.39 is 0 Å². The number of rotatable bonds is 1. The highest BCUT2D eigenvalue weighted by molar-refractivity contribution is 14.1. The zero-order valence-corrected chi connectivity index (χ0v) is 13.2. The minimum Gasteiger partial charge on any atom is -0.306 e. The van der Waals surface area contributed by atoms with Gasteiger partial charge in [-0.3, -0.25) is 9.78 Å². The Kier molecular flexibility index (Phi) is 3.29. The second-order valence-corrected chi connectivity index (χ2v) is 5.72. The van der Waals surface area contributed by atoms with Gasteiger partial charge in [0.25, 0.3) is 5.56 Å². The first-order valence-electron chi connectivity index (χ1n) is 6.19. The third-order valence-corrected chi connectivity index (χ3v) is 4.40. The maximum atomic E-state index is 11.9. The highest BCUT2D eigenvalue weighted by atomic mass is 127. The number of para-hydroxylation sites is 1. The Balaban J connectivity index is 2.37. The topological polar surface area (TPSA) is 58.6 Å². The molecule has 5 heteroatoms. The van der Waals surface area contributed by atoms with E-state index in [-0.39, 0.29) is 5.56 Å². The molecule has 0 saturated heterocycles. The van der Waals surface area contributed by atoms with E-state index in [4.69, 9.17) is 0 Å². The largest absolute Gasteiger partial charge is 0.306 e. The van der Waals surface area contributed by atoms with Gasteiger partial charge in [0, 0.05) is 16.6 Å². The van der Waals surface area contributed by atoms with E-state index in [9.17, 15) is 4.79 Å². The van der Waals surface area contributed by atoms with Crippen LogP contribution in [0.2, 0.25) is 0 Å². The first-order chi connectivity index (χ1) is 9.56. The molecule has 0 saturated carbocycles. The minimum absolute atomic E-state index is 0.105. The van der Waals surface area contributed by atoms with Crippen molar-refractivity contribution in [2.75, 3.05) is 0 Å². The number of aromatic nitrogens is 3. The van der Waals surface area contributed by atoms with Crippen molar-refractivity contribution in [2.45, 2.75) is 13.8 Å².